The Bertz CT molecular complexity index is 1600. The Hall–Kier alpha value is -3.72. The highest BCUT2D eigenvalue weighted by Gasteiger charge is 2.60. The van der Waals surface area contributed by atoms with Crippen molar-refractivity contribution in [3.05, 3.63) is 42.4 Å². The number of rotatable bonds is 8. The molecule has 1 fully saturated rings. The number of pyridine rings is 1. The van der Waals surface area contributed by atoms with E-state index in [0.29, 0.717) is 11.3 Å². The highest BCUT2D eigenvalue weighted by Crippen LogP contribution is 2.50. The summed E-state index contributed by atoms with van der Waals surface area (Å²) in [6.45, 7) is 0. The molecule has 1 aliphatic rings. The highest BCUT2D eigenvalue weighted by atomic mass is 32.2. The Kier molecular flexibility index (Phi) is 5.86. The molecule has 0 bridgehead atoms. The van der Waals surface area contributed by atoms with Crippen LogP contribution in [0.1, 0.15) is 18.7 Å². The Morgan fingerprint density at radius 1 is 1.19 bits per heavy atom. The van der Waals surface area contributed by atoms with Crippen LogP contribution in [0.2, 0.25) is 0 Å². The second kappa shape index (κ2) is 8.69. The van der Waals surface area contributed by atoms with E-state index < -0.39 is 46.6 Å². The van der Waals surface area contributed by atoms with Crippen LogP contribution in [0.5, 0.6) is 0 Å². The number of anilines is 3. The minimum absolute atomic E-state index is 0.0413. The van der Waals surface area contributed by atoms with Gasteiger partial charge in [0.25, 0.3) is 12.3 Å². The first-order valence-corrected chi connectivity index (χ1v) is 12.8. The lowest BCUT2D eigenvalue weighted by molar-refractivity contribution is 0.0582. The van der Waals surface area contributed by atoms with Crippen molar-refractivity contribution in [1.29, 1.82) is 0 Å². The number of hydrogen-bond acceptors (Lipinski definition) is 8. The van der Waals surface area contributed by atoms with Crippen LogP contribution in [-0.4, -0.2) is 56.7 Å². The Labute approximate surface area is 207 Å². The first kappa shape index (κ1) is 25.0. The van der Waals surface area contributed by atoms with E-state index in [0.717, 1.165) is 6.26 Å². The number of aromatic nitrogens is 5. The normalized spacial score (nSPS) is 17.8. The van der Waals surface area contributed by atoms with Crippen LogP contribution >= 0.6 is 0 Å². The van der Waals surface area contributed by atoms with Gasteiger partial charge in [0.2, 0.25) is 0 Å². The monoisotopic (exact) mass is 539 g/mol. The zero-order chi connectivity index (χ0) is 26.7. The van der Waals surface area contributed by atoms with Gasteiger partial charge in [0.05, 0.1) is 27.9 Å². The van der Waals surface area contributed by atoms with E-state index in [2.05, 4.69) is 30.7 Å². The Morgan fingerprint density at radius 2 is 1.92 bits per heavy atom. The molecule has 2 atom stereocenters. The molecular formula is C22H21F4N7O3S. The third-order valence-electron chi connectivity index (χ3n) is 5.89. The molecule has 10 nitrogen and oxygen atoms in total. The maximum atomic E-state index is 13.4. The molecule has 4 aromatic rings. The number of alkyl halides is 4. The van der Waals surface area contributed by atoms with E-state index in [1.165, 1.54) is 18.2 Å². The van der Waals surface area contributed by atoms with Crippen LogP contribution in [0.3, 0.4) is 0 Å². The lowest BCUT2D eigenvalue weighted by Gasteiger charge is -2.16. The Morgan fingerprint density at radius 3 is 2.51 bits per heavy atom. The van der Waals surface area contributed by atoms with Crippen LogP contribution in [0.4, 0.5) is 34.8 Å². The number of H-pyrrole nitrogens is 1. The van der Waals surface area contributed by atoms with E-state index in [9.17, 15) is 31.1 Å². The highest BCUT2D eigenvalue weighted by molar-refractivity contribution is 7.90. The van der Waals surface area contributed by atoms with Crippen molar-refractivity contribution in [2.24, 2.45) is 13.0 Å². The van der Waals surface area contributed by atoms with E-state index >= 15 is 0 Å². The molecule has 0 amide bonds. The number of nitrogens with zero attached hydrogens (tertiary/aromatic N) is 4. The maximum Gasteiger partial charge on any atom is 0.295 e. The van der Waals surface area contributed by atoms with Crippen LogP contribution in [0, 0.1) is 5.92 Å². The number of aromatic amines is 1. The van der Waals surface area contributed by atoms with E-state index in [1.807, 2.05) is 0 Å². The van der Waals surface area contributed by atoms with Gasteiger partial charge in [-0.05, 0) is 18.2 Å². The van der Waals surface area contributed by atoms with Crippen molar-refractivity contribution in [2.45, 2.75) is 29.9 Å². The third kappa shape index (κ3) is 4.96. The fraction of sp³-hybridized carbons (Fsp3) is 0.318. The van der Waals surface area contributed by atoms with Gasteiger partial charge in [-0.3, -0.25) is 4.68 Å². The molecule has 2 unspecified atom stereocenters. The number of halogens is 4. The van der Waals surface area contributed by atoms with Gasteiger partial charge < -0.3 is 20.7 Å². The van der Waals surface area contributed by atoms with Crippen LogP contribution in [-0.2, 0) is 16.9 Å². The van der Waals surface area contributed by atoms with Crippen molar-refractivity contribution in [3.63, 3.8) is 0 Å². The van der Waals surface area contributed by atoms with Crippen LogP contribution in [0.25, 0.3) is 22.4 Å². The number of hydrogen-bond donors (Lipinski definition) is 4. The Balaban J connectivity index is 1.57. The van der Waals surface area contributed by atoms with Crippen molar-refractivity contribution < 1.29 is 31.1 Å². The van der Waals surface area contributed by atoms with Gasteiger partial charge in [-0.2, -0.15) is 5.10 Å². The van der Waals surface area contributed by atoms with Crippen molar-refractivity contribution in [1.82, 2.24) is 24.7 Å². The summed E-state index contributed by atoms with van der Waals surface area (Å²) < 4.78 is 80.2. The second-order valence-corrected chi connectivity index (χ2v) is 10.8. The first-order valence-electron chi connectivity index (χ1n) is 10.9. The minimum Gasteiger partial charge on any atom is -0.373 e. The second-order valence-electron chi connectivity index (χ2n) is 8.82. The number of imidazole rings is 1. The third-order valence-corrected chi connectivity index (χ3v) is 7.03. The van der Waals surface area contributed by atoms with E-state index in [-0.39, 0.29) is 33.3 Å². The molecule has 15 heteroatoms. The first-order chi connectivity index (χ1) is 17.3. The predicted octanol–water partition coefficient (Wildman–Crippen LogP) is 3.83. The lowest BCUT2D eigenvalue weighted by Crippen LogP contribution is -2.24. The number of aliphatic hydroxyl groups excluding tert-OH is 1. The number of sulfone groups is 1. The summed E-state index contributed by atoms with van der Waals surface area (Å²) in [5, 5.41) is 19.7. The molecule has 0 radical (unpaired) electrons. The van der Waals surface area contributed by atoms with Gasteiger partial charge in [-0.1, -0.05) is 6.07 Å². The number of benzene rings is 1. The molecule has 4 N–H and O–H groups in total. The van der Waals surface area contributed by atoms with Gasteiger partial charge in [-0.15, -0.1) is 0 Å². The fourth-order valence-corrected chi connectivity index (χ4v) is 4.78. The quantitative estimate of drug-likeness (QED) is 0.196. The van der Waals surface area contributed by atoms with Crippen LogP contribution < -0.4 is 10.6 Å². The lowest BCUT2D eigenvalue weighted by atomic mass is 10.1. The summed E-state index contributed by atoms with van der Waals surface area (Å²) in [5.41, 5.74) is 1.07. The SMILES string of the molecule is Cn1ccc(-c2ccc(Nc3cc(NC(O)C4CC4(F)F)nc4[nH]c(C(F)F)nc34)c(S(C)(=O)=O)c2)n1. The molecular weight excluding hydrogens is 518 g/mol. The average molecular weight is 540 g/mol. The average Bonchev–Trinajstić information content (AvgIpc) is 3.14. The van der Waals surface area contributed by atoms with Gasteiger partial charge in [0, 0.05) is 37.6 Å². The summed E-state index contributed by atoms with van der Waals surface area (Å²) in [7, 11) is -2.07. The molecule has 0 spiro atoms. The number of aryl methyl sites for hydroxylation is 1. The summed E-state index contributed by atoms with van der Waals surface area (Å²) in [6, 6.07) is 7.51. The maximum absolute atomic E-state index is 13.4. The van der Waals surface area contributed by atoms with Gasteiger partial charge in [-0.25, -0.2) is 35.9 Å². The number of nitrogens with one attached hydrogen (secondary N) is 3. The number of fused-ring (bicyclic) bond motifs is 1. The largest absolute Gasteiger partial charge is 0.373 e. The molecule has 0 aliphatic heterocycles. The molecule has 1 aliphatic carbocycles. The minimum atomic E-state index is -3.78. The van der Waals surface area contributed by atoms with Crippen molar-refractivity contribution in [3.8, 4) is 11.3 Å². The smallest absolute Gasteiger partial charge is 0.295 e. The van der Waals surface area contributed by atoms with Crippen LogP contribution in [0.15, 0.2) is 41.4 Å². The topological polar surface area (TPSA) is 138 Å². The predicted molar refractivity (Wildman–Crippen MR) is 127 cm³/mol. The standard InChI is InChI=1S/C22H21F4N7O3S/c1-33-6-5-12(32-33)10-3-4-13(15(7-10)37(2,35)36)27-14-8-16(29-21(34)11-9-22(11,25)26)28-19-17(14)30-20(31-19)18(23)24/h3-8,11,18,21,34H,9H2,1-2H3,(H3,27,28,29,30,31). The molecule has 5 rings (SSSR count). The zero-order valence-electron chi connectivity index (χ0n) is 19.4. The zero-order valence-corrected chi connectivity index (χ0v) is 20.2. The van der Waals surface area contributed by atoms with Gasteiger partial charge in [0.15, 0.2) is 21.3 Å². The molecule has 196 valence electrons. The molecule has 1 saturated carbocycles. The molecule has 0 saturated heterocycles. The summed E-state index contributed by atoms with van der Waals surface area (Å²) >= 11 is 0. The molecule has 37 heavy (non-hydrogen) atoms. The molecule has 1 aromatic carbocycles. The molecule has 3 aromatic heterocycles. The van der Waals surface area contributed by atoms with Crippen molar-refractivity contribution >= 4 is 38.2 Å². The van der Waals surface area contributed by atoms with Crippen molar-refractivity contribution in [2.75, 3.05) is 16.9 Å². The van der Waals surface area contributed by atoms with Gasteiger partial charge >= 0.3 is 0 Å². The van der Waals surface area contributed by atoms with Gasteiger partial charge in [0.1, 0.15) is 17.6 Å². The summed E-state index contributed by atoms with van der Waals surface area (Å²) in [4.78, 5) is 10.2. The summed E-state index contributed by atoms with van der Waals surface area (Å²) in [6.07, 6.45) is -2.39. The van der Waals surface area contributed by atoms with E-state index in [4.69, 9.17) is 0 Å². The fourth-order valence-electron chi connectivity index (χ4n) is 3.92. The molecule has 3 heterocycles. The number of aliphatic hydroxyl groups is 1. The summed E-state index contributed by atoms with van der Waals surface area (Å²) in [5.74, 6) is -5.14. The van der Waals surface area contributed by atoms with E-state index in [1.54, 1.807) is 30.1 Å².